The number of nitrogens with one attached hydrogen (secondary N) is 1. The maximum absolute atomic E-state index is 13.5. The number of phenolic OH excluding ortho intramolecular Hbond substituents is 1. The second-order valence-electron chi connectivity index (χ2n) is 11.6. The number of amides is 1. The molecular weight excluding hydrogens is 484 g/mol. The van der Waals surface area contributed by atoms with Crippen LogP contribution in [0.5, 0.6) is 11.5 Å². The smallest absolute Gasteiger partial charge is 0.316 e. The number of carbonyl (C=O) groups is 1. The van der Waals surface area contributed by atoms with Crippen molar-refractivity contribution >= 4 is 22.9 Å². The minimum Gasteiger partial charge on any atom is -0.507 e. The molecule has 2 aromatic carbocycles. The highest BCUT2D eigenvalue weighted by Gasteiger charge is 2.27. The van der Waals surface area contributed by atoms with Gasteiger partial charge in [0.05, 0.1) is 11.3 Å². The zero-order valence-electron chi connectivity index (χ0n) is 24.6. The minimum atomic E-state index is -1.94. The molecule has 0 radical (unpaired) electrons. The summed E-state index contributed by atoms with van der Waals surface area (Å²) < 4.78 is 22.7. The quantitative estimate of drug-likeness (QED) is 0.307. The summed E-state index contributed by atoms with van der Waals surface area (Å²) in [6.45, 7) is 20.7. The summed E-state index contributed by atoms with van der Waals surface area (Å²) in [5.41, 5.74) is 5.46. The molecule has 1 amide bonds. The molecule has 0 bridgehead atoms. The van der Waals surface area contributed by atoms with Gasteiger partial charge in [-0.3, -0.25) is 9.52 Å². The van der Waals surface area contributed by atoms with Crippen LogP contribution in [0.4, 0.5) is 5.69 Å². The van der Waals surface area contributed by atoms with Crippen molar-refractivity contribution in [2.45, 2.75) is 98.8 Å². The highest BCUT2D eigenvalue weighted by molar-refractivity contribution is 7.82. The fourth-order valence-corrected chi connectivity index (χ4v) is 5.31. The van der Waals surface area contributed by atoms with Crippen molar-refractivity contribution in [3.63, 3.8) is 0 Å². The number of nitrogens with zero attached hydrogens (tertiary/aromatic N) is 1. The van der Waals surface area contributed by atoms with Crippen molar-refractivity contribution in [3.8, 4) is 11.5 Å². The lowest BCUT2D eigenvalue weighted by atomic mass is 9.86. The Morgan fingerprint density at radius 1 is 0.811 bits per heavy atom. The molecule has 0 heterocycles. The molecule has 0 saturated heterocycles. The fraction of sp³-hybridized carbons (Fsp3) is 0.567. The molecule has 0 fully saturated rings. The van der Waals surface area contributed by atoms with E-state index in [1.54, 1.807) is 20.2 Å². The van der Waals surface area contributed by atoms with Gasteiger partial charge in [0.15, 0.2) is 0 Å². The molecule has 0 aliphatic heterocycles. The van der Waals surface area contributed by atoms with Crippen LogP contribution in [-0.4, -0.2) is 34.2 Å². The van der Waals surface area contributed by atoms with Gasteiger partial charge >= 0.3 is 11.3 Å². The summed E-state index contributed by atoms with van der Waals surface area (Å²) in [4.78, 5) is 14.3. The lowest BCUT2D eigenvalue weighted by molar-refractivity contribution is 0.0824. The monoisotopic (exact) mass is 530 g/mol. The fourth-order valence-electron chi connectivity index (χ4n) is 4.58. The molecule has 7 heteroatoms. The van der Waals surface area contributed by atoms with E-state index in [1.165, 1.54) is 10.5 Å². The van der Waals surface area contributed by atoms with Gasteiger partial charge in [0.25, 0.3) is 5.91 Å². The maximum Gasteiger partial charge on any atom is 0.316 e. The van der Waals surface area contributed by atoms with Crippen LogP contribution in [-0.2, 0) is 11.3 Å². The van der Waals surface area contributed by atoms with Crippen molar-refractivity contribution < 1.29 is 18.3 Å². The summed E-state index contributed by atoms with van der Waals surface area (Å²) in [6, 6.07) is 5.89. The van der Waals surface area contributed by atoms with Gasteiger partial charge in [-0.15, -0.1) is 0 Å². The summed E-state index contributed by atoms with van der Waals surface area (Å²) in [7, 11) is 3.28. The van der Waals surface area contributed by atoms with E-state index >= 15 is 0 Å². The van der Waals surface area contributed by atoms with Crippen LogP contribution >= 0.6 is 0 Å². The molecule has 1 atom stereocenters. The van der Waals surface area contributed by atoms with Crippen LogP contribution in [0.1, 0.15) is 137 Å². The number of benzene rings is 2. The highest BCUT2D eigenvalue weighted by atomic mass is 32.2. The predicted molar refractivity (Wildman–Crippen MR) is 155 cm³/mol. The molecule has 206 valence electrons. The first-order chi connectivity index (χ1) is 17.1. The van der Waals surface area contributed by atoms with Gasteiger partial charge < -0.3 is 14.2 Å². The predicted octanol–water partition coefficient (Wildman–Crippen LogP) is 7.78. The Morgan fingerprint density at radius 2 is 1.30 bits per heavy atom. The standard InChI is InChI=1S/C30H46N2O4S/c1-16(2)21-13-22(17(3)4)29(23(14-21)18(5)6)36-37(35)31-25-15-24(30(34)32(11)12)28(33)27(20(9)10)26(25)19(7)8/h13-20,31,33H,1-12H3. The minimum absolute atomic E-state index is 0.00841. The van der Waals surface area contributed by atoms with Crippen LogP contribution in [0, 0.1) is 0 Å². The molecule has 0 aromatic heterocycles. The highest BCUT2D eigenvalue weighted by Crippen LogP contribution is 2.42. The molecular formula is C30H46N2O4S. The molecule has 6 nitrogen and oxygen atoms in total. The van der Waals surface area contributed by atoms with Crippen LogP contribution < -0.4 is 8.91 Å². The number of hydrogen-bond acceptors (Lipinski definition) is 4. The van der Waals surface area contributed by atoms with E-state index in [4.69, 9.17) is 4.18 Å². The van der Waals surface area contributed by atoms with E-state index in [-0.39, 0.29) is 40.9 Å². The SMILES string of the molecule is CC(C)c1cc(C(C)C)c(OS(=O)Nc2cc(C(=O)N(C)C)c(O)c(C(C)C)c2C(C)C)c(C(C)C)c1. The van der Waals surface area contributed by atoms with E-state index in [0.717, 1.165) is 16.7 Å². The zero-order valence-corrected chi connectivity index (χ0v) is 25.5. The summed E-state index contributed by atoms with van der Waals surface area (Å²) in [6.07, 6.45) is 0. The molecule has 0 spiro atoms. The van der Waals surface area contributed by atoms with Gasteiger partial charge in [-0.1, -0.05) is 81.4 Å². The second-order valence-corrected chi connectivity index (χ2v) is 12.4. The van der Waals surface area contributed by atoms with Crippen molar-refractivity contribution in [3.05, 3.63) is 51.6 Å². The Labute approximate surface area is 226 Å². The molecule has 2 aromatic rings. The lowest BCUT2D eigenvalue weighted by Crippen LogP contribution is -2.23. The van der Waals surface area contributed by atoms with E-state index in [0.29, 0.717) is 22.9 Å². The van der Waals surface area contributed by atoms with Crippen molar-refractivity contribution in [2.75, 3.05) is 18.8 Å². The van der Waals surface area contributed by atoms with E-state index in [2.05, 4.69) is 58.4 Å². The topological polar surface area (TPSA) is 78.9 Å². The Morgan fingerprint density at radius 3 is 1.68 bits per heavy atom. The number of rotatable bonds is 10. The van der Waals surface area contributed by atoms with Crippen LogP contribution in [0.3, 0.4) is 0 Å². The Kier molecular flexibility index (Phi) is 10.2. The molecule has 0 aliphatic carbocycles. The lowest BCUT2D eigenvalue weighted by Gasteiger charge is -2.25. The molecule has 37 heavy (non-hydrogen) atoms. The number of phenols is 1. The van der Waals surface area contributed by atoms with Crippen LogP contribution in [0.25, 0.3) is 0 Å². The van der Waals surface area contributed by atoms with E-state index < -0.39 is 11.3 Å². The first-order valence-corrected chi connectivity index (χ1v) is 14.3. The van der Waals surface area contributed by atoms with Crippen molar-refractivity contribution in [1.29, 1.82) is 0 Å². The average molecular weight is 531 g/mol. The molecule has 0 saturated carbocycles. The van der Waals surface area contributed by atoms with Crippen molar-refractivity contribution in [1.82, 2.24) is 4.90 Å². The Bertz CT molecular complexity index is 1120. The van der Waals surface area contributed by atoms with E-state index in [1.807, 2.05) is 27.7 Å². The average Bonchev–Trinajstić information content (AvgIpc) is 2.78. The van der Waals surface area contributed by atoms with Gasteiger partial charge in [-0.2, -0.15) is 4.21 Å². The third kappa shape index (κ3) is 6.86. The number of carbonyl (C=O) groups excluding carboxylic acids is 1. The van der Waals surface area contributed by atoms with Crippen LogP contribution in [0.15, 0.2) is 18.2 Å². The summed E-state index contributed by atoms with van der Waals surface area (Å²) in [5, 5.41) is 11.1. The van der Waals surface area contributed by atoms with Crippen molar-refractivity contribution in [2.24, 2.45) is 0 Å². The number of aromatic hydroxyl groups is 1. The van der Waals surface area contributed by atoms with Crippen LogP contribution in [0.2, 0.25) is 0 Å². The third-order valence-electron chi connectivity index (χ3n) is 6.60. The molecule has 2 rings (SSSR count). The van der Waals surface area contributed by atoms with Gasteiger partial charge in [0, 0.05) is 19.7 Å². The second kappa shape index (κ2) is 12.3. The zero-order chi connectivity index (χ0) is 28.4. The summed E-state index contributed by atoms with van der Waals surface area (Å²) in [5.74, 6) is 0.972. The maximum atomic E-state index is 13.5. The first-order valence-electron chi connectivity index (χ1n) is 13.2. The normalized spacial score (nSPS) is 12.7. The Balaban J connectivity index is 2.66. The third-order valence-corrected chi connectivity index (χ3v) is 7.31. The molecule has 2 N–H and O–H groups in total. The van der Waals surface area contributed by atoms with Gasteiger partial charge in [0.2, 0.25) is 0 Å². The largest absolute Gasteiger partial charge is 0.507 e. The summed E-state index contributed by atoms with van der Waals surface area (Å²) >= 11 is -1.94. The first kappa shape index (κ1) is 30.7. The molecule has 0 aliphatic rings. The molecule has 1 unspecified atom stereocenters. The van der Waals surface area contributed by atoms with Gasteiger partial charge in [-0.25, -0.2) is 0 Å². The number of anilines is 1. The van der Waals surface area contributed by atoms with Gasteiger partial charge in [0.1, 0.15) is 11.5 Å². The van der Waals surface area contributed by atoms with E-state index in [9.17, 15) is 14.1 Å². The van der Waals surface area contributed by atoms with Gasteiger partial charge in [-0.05, 0) is 57.9 Å². The Hall–Kier alpha value is -2.54. The number of hydrogen-bond donors (Lipinski definition) is 2.